The van der Waals surface area contributed by atoms with E-state index in [0.29, 0.717) is 6.54 Å². The van der Waals surface area contributed by atoms with Gasteiger partial charge >= 0.3 is 0 Å². The molecule has 84 valence electrons. The van der Waals surface area contributed by atoms with E-state index >= 15 is 0 Å². The van der Waals surface area contributed by atoms with Crippen molar-refractivity contribution in [3.63, 3.8) is 0 Å². The van der Waals surface area contributed by atoms with Crippen molar-refractivity contribution in [2.24, 2.45) is 5.73 Å². The Morgan fingerprint density at radius 3 is 3.07 bits per heavy atom. The Kier molecular flexibility index (Phi) is 5.36. The predicted octanol–water partition coefficient (Wildman–Crippen LogP) is 1.53. The first-order valence-electron chi connectivity index (χ1n) is 5.29. The van der Waals surface area contributed by atoms with Gasteiger partial charge in [0.15, 0.2) is 0 Å². The fourth-order valence-electron chi connectivity index (χ4n) is 1.34. The third-order valence-electron chi connectivity index (χ3n) is 2.19. The molecule has 0 aliphatic heterocycles. The predicted molar refractivity (Wildman–Crippen MR) is 63.9 cm³/mol. The molecule has 0 bridgehead atoms. The van der Waals surface area contributed by atoms with E-state index in [0.717, 1.165) is 19.3 Å². The van der Waals surface area contributed by atoms with Gasteiger partial charge in [0, 0.05) is 11.4 Å². The molecule has 1 rings (SSSR count). The van der Waals surface area contributed by atoms with Gasteiger partial charge in [-0.05, 0) is 24.3 Å². The number of thiophene rings is 1. The van der Waals surface area contributed by atoms with Gasteiger partial charge in [-0.1, -0.05) is 19.4 Å². The molecule has 1 heterocycles. The SMILES string of the molecule is CCC[C@@H](N)C(=O)NCCc1cccs1. The summed E-state index contributed by atoms with van der Waals surface area (Å²) >= 11 is 1.71. The molecule has 0 saturated carbocycles. The summed E-state index contributed by atoms with van der Waals surface area (Å²) in [5.74, 6) is -0.0339. The Labute approximate surface area is 94.7 Å². The van der Waals surface area contributed by atoms with Gasteiger partial charge in [-0.15, -0.1) is 11.3 Å². The molecule has 1 aromatic heterocycles. The molecule has 4 heteroatoms. The normalized spacial score (nSPS) is 12.4. The van der Waals surface area contributed by atoms with Crippen LogP contribution in [0.1, 0.15) is 24.6 Å². The van der Waals surface area contributed by atoms with Crippen LogP contribution in [-0.4, -0.2) is 18.5 Å². The number of nitrogens with two attached hydrogens (primary N) is 1. The fraction of sp³-hybridized carbons (Fsp3) is 0.545. The van der Waals surface area contributed by atoms with Crippen LogP contribution in [0.4, 0.5) is 0 Å². The molecule has 1 atom stereocenters. The topological polar surface area (TPSA) is 55.1 Å². The van der Waals surface area contributed by atoms with Gasteiger partial charge in [-0.25, -0.2) is 0 Å². The summed E-state index contributed by atoms with van der Waals surface area (Å²) in [4.78, 5) is 12.7. The van der Waals surface area contributed by atoms with Crippen LogP contribution >= 0.6 is 11.3 Å². The van der Waals surface area contributed by atoms with Crippen LogP contribution in [0.5, 0.6) is 0 Å². The van der Waals surface area contributed by atoms with Gasteiger partial charge in [0.1, 0.15) is 0 Å². The first kappa shape index (κ1) is 12.2. The molecule has 0 spiro atoms. The highest BCUT2D eigenvalue weighted by Crippen LogP contribution is 2.08. The lowest BCUT2D eigenvalue weighted by molar-refractivity contribution is -0.122. The largest absolute Gasteiger partial charge is 0.354 e. The average Bonchev–Trinajstić information content (AvgIpc) is 2.71. The fourth-order valence-corrected chi connectivity index (χ4v) is 2.05. The molecule has 1 amide bonds. The number of nitrogens with one attached hydrogen (secondary N) is 1. The third-order valence-corrected chi connectivity index (χ3v) is 3.12. The highest BCUT2D eigenvalue weighted by molar-refractivity contribution is 7.09. The molecule has 3 N–H and O–H groups in total. The molecular weight excluding hydrogens is 208 g/mol. The average molecular weight is 226 g/mol. The Bertz CT molecular complexity index is 285. The second kappa shape index (κ2) is 6.58. The summed E-state index contributed by atoms with van der Waals surface area (Å²) in [6.07, 6.45) is 2.59. The first-order chi connectivity index (χ1) is 7.24. The number of hydrogen-bond acceptors (Lipinski definition) is 3. The van der Waals surface area contributed by atoms with E-state index in [1.165, 1.54) is 4.88 Å². The number of hydrogen-bond donors (Lipinski definition) is 2. The summed E-state index contributed by atoms with van der Waals surface area (Å²) in [5.41, 5.74) is 5.68. The summed E-state index contributed by atoms with van der Waals surface area (Å²) in [7, 11) is 0. The lowest BCUT2D eigenvalue weighted by Gasteiger charge is -2.10. The molecule has 0 aliphatic carbocycles. The maximum absolute atomic E-state index is 11.4. The van der Waals surface area contributed by atoms with Crippen LogP contribution in [-0.2, 0) is 11.2 Å². The molecule has 0 aliphatic rings. The maximum Gasteiger partial charge on any atom is 0.236 e. The van der Waals surface area contributed by atoms with Crippen LogP contribution in [0.25, 0.3) is 0 Å². The van der Waals surface area contributed by atoms with Crippen molar-refractivity contribution < 1.29 is 4.79 Å². The van der Waals surface area contributed by atoms with E-state index < -0.39 is 0 Å². The van der Waals surface area contributed by atoms with Crippen LogP contribution in [0.3, 0.4) is 0 Å². The molecule has 0 aromatic carbocycles. The van der Waals surface area contributed by atoms with Crippen molar-refractivity contribution in [2.75, 3.05) is 6.54 Å². The van der Waals surface area contributed by atoms with Gasteiger partial charge in [-0.3, -0.25) is 4.79 Å². The smallest absolute Gasteiger partial charge is 0.236 e. The van der Waals surface area contributed by atoms with E-state index in [9.17, 15) is 4.79 Å². The van der Waals surface area contributed by atoms with Crippen molar-refractivity contribution in [1.29, 1.82) is 0 Å². The van der Waals surface area contributed by atoms with Crippen LogP contribution in [0.15, 0.2) is 17.5 Å². The van der Waals surface area contributed by atoms with Crippen molar-refractivity contribution in [2.45, 2.75) is 32.2 Å². The van der Waals surface area contributed by atoms with Crippen LogP contribution in [0.2, 0.25) is 0 Å². The molecule has 0 radical (unpaired) electrons. The monoisotopic (exact) mass is 226 g/mol. The number of rotatable bonds is 6. The zero-order chi connectivity index (χ0) is 11.1. The maximum atomic E-state index is 11.4. The summed E-state index contributed by atoms with van der Waals surface area (Å²) in [6, 6.07) is 3.74. The zero-order valence-electron chi connectivity index (χ0n) is 9.03. The van der Waals surface area contributed by atoms with Crippen molar-refractivity contribution >= 4 is 17.2 Å². The minimum atomic E-state index is -0.349. The molecule has 15 heavy (non-hydrogen) atoms. The minimum Gasteiger partial charge on any atom is -0.354 e. The van der Waals surface area contributed by atoms with Crippen LogP contribution < -0.4 is 11.1 Å². The summed E-state index contributed by atoms with van der Waals surface area (Å²) < 4.78 is 0. The van der Waals surface area contributed by atoms with Crippen molar-refractivity contribution in [3.05, 3.63) is 22.4 Å². The summed E-state index contributed by atoms with van der Waals surface area (Å²) in [5, 5.41) is 4.89. The first-order valence-corrected chi connectivity index (χ1v) is 6.17. The second-order valence-electron chi connectivity index (χ2n) is 3.52. The molecule has 0 saturated heterocycles. The highest BCUT2D eigenvalue weighted by Gasteiger charge is 2.10. The Morgan fingerprint density at radius 1 is 1.67 bits per heavy atom. The molecule has 1 aromatic rings. The van der Waals surface area contributed by atoms with E-state index in [2.05, 4.69) is 11.4 Å². The van der Waals surface area contributed by atoms with E-state index in [4.69, 9.17) is 5.73 Å². The zero-order valence-corrected chi connectivity index (χ0v) is 9.85. The number of amides is 1. The van der Waals surface area contributed by atoms with Gasteiger partial charge in [0.2, 0.25) is 5.91 Å². The number of carbonyl (C=O) groups is 1. The molecular formula is C11H18N2OS. The Morgan fingerprint density at radius 2 is 2.47 bits per heavy atom. The van der Waals surface area contributed by atoms with E-state index in [1.54, 1.807) is 11.3 Å². The second-order valence-corrected chi connectivity index (χ2v) is 4.55. The number of carbonyl (C=O) groups excluding carboxylic acids is 1. The van der Waals surface area contributed by atoms with E-state index in [1.807, 2.05) is 18.4 Å². The standard InChI is InChI=1S/C11H18N2OS/c1-2-4-10(12)11(14)13-7-6-9-5-3-8-15-9/h3,5,8,10H,2,4,6-7,12H2,1H3,(H,13,14)/t10-/m1/s1. The van der Waals surface area contributed by atoms with Crippen molar-refractivity contribution in [3.8, 4) is 0 Å². The van der Waals surface area contributed by atoms with Gasteiger partial charge in [0.05, 0.1) is 6.04 Å². The highest BCUT2D eigenvalue weighted by atomic mass is 32.1. The lowest BCUT2D eigenvalue weighted by Crippen LogP contribution is -2.41. The minimum absolute atomic E-state index is 0.0339. The molecule has 3 nitrogen and oxygen atoms in total. The van der Waals surface area contributed by atoms with Gasteiger partial charge in [0.25, 0.3) is 0 Å². The van der Waals surface area contributed by atoms with Gasteiger partial charge < -0.3 is 11.1 Å². The Balaban J connectivity index is 2.17. The molecule has 0 fully saturated rings. The van der Waals surface area contributed by atoms with E-state index in [-0.39, 0.29) is 11.9 Å². The lowest BCUT2D eigenvalue weighted by atomic mass is 10.1. The summed E-state index contributed by atoms with van der Waals surface area (Å²) in [6.45, 7) is 2.70. The van der Waals surface area contributed by atoms with Crippen molar-refractivity contribution in [1.82, 2.24) is 5.32 Å². The Hall–Kier alpha value is -0.870. The molecule has 0 unspecified atom stereocenters. The van der Waals surface area contributed by atoms with Crippen LogP contribution in [0, 0.1) is 0 Å². The van der Waals surface area contributed by atoms with Gasteiger partial charge in [-0.2, -0.15) is 0 Å². The third kappa shape index (κ3) is 4.44. The quantitative estimate of drug-likeness (QED) is 0.773.